The summed E-state index contributed by atoms with van der Waals surface area (Å²) in [5.41, 5.74) is 2.40. The van der Waals surface area contributed by atoms with Gasteiger partial charge in [0.1, 0.15) is 11.4 Å². The van der Waals surface area contributed by atoms with Crippen LogP contribution < -0.4 is 10.1 Å². The Labute approximate surface area is 143 Å². The quantitative estimate of drug-likeness (QED) is 0.903. The van der Waals surface area contributed by atoms with Gasteiger partial charge in [0.15, 0.2) is 0 Å². The van der Waals surface area contributed by atoms with Crippen LogP contribution in [0.3, 0.4) is 0 Å². The SMILES string of the molecule is COc1cc(C)cc(NC(=O)N2C[C@@H](C)O[C@@]3(CCOC3)C2)c1C. The Kier molecular flexibility index (Phi) is 4.69. The fraction of sp³-hybridized carbons (Fsp3) is 0.611. The van der Waals surface area contributed by atoms with E-state index >= 15 is 0 Å². The molecule has 2 aliphatic heterocycles. The second kappa shape index (κ2) is 6.61. The summed E-state index contributed by atoms with van der Waals surface area (Å²) in [6.45, 7) is 8.32. The second-order valence-electron chi connectivity index (χ2n) is 6.86. The minimum absolute atomic E-state index is 0.000609. The van der Waals surface area contributed by atoms with Crippen LogP contribution in [0.5, 0.6) is 5.75 Å². The zero-order valence-electron chi connectivity index (χ0n) is 14.8. The van der Waals surface area contributed by atoms with Gasteiger partial charge in [0, 0.05) is 30.8 Å². The van der Waals surface area contributed by atoms with E-state index in [-0.39, 0.29) is 17.7 Å². The summed E-state index contributed by atoms with van der Waals surface area (Å²) in [5.74, 6) is 0.779. The molecule has 132 valence electrons. The largest absolute Gasteiger partial charge is 0.496 e. The number of ether oxygens (including phenoxy) is 3. The molecule has 2 amide bonds. The lowest BCUT2D eigenvalue weighted by molar-refractivity contribution is -0.136. The number of nitrogens with zero attached hydrogens (tertiary/aromatic N) is 1. The van der Waals surface area contributed by atoms with Crippen LogP contribution in [0.4, 0.5) is 10.5 Å². The van der Waals surface area contributed by atoms with Crippen LogP contribution in [-0.2, 0) is 9.47 Å². The predicted octanol–water partition coefficient (Wildman–Crippen LogP) is 2.72. The second-order valence-corrected chi connectivity index (χ2v) is 6.86. The molecule has 2 heterocycles. The first kappa shape index (κ1) is 17.0. The maximum atomic E-state index is 12.8. The van der Waals surface area contributed by atoms with Crippen LogP contribution in [0.2, 0.25) is 0 Å². The van der Waals surface area contributed by atoms with E-state index in [9.17, 15) is 4.79 Å². The van der Waals surface area contributed by atoms with Crippen LogP contribution in [-0.4, -0.2) is 56.0 Å². The highest BCUT2D eigenvalue weighted by Gasteiger charge is 2.44. The normalized spacial score (nSPS) is 26.7. The summed E-state index contributed by atoms with van der Waals surface area (Å²) in [4.78, 5) is 14.6. The topological polar surface area (TPSA) is 60.0 Å². The average molecular weight is 334 g/mol. The zero-order chi connectivity index (χ0) is 17.3. The van der Waals surface area contributed by atoms with E-state index in [0.29, 0.717) is 26.3 Å². The number of carbonyl (C=O) groups is 1. The monoisotopic (exact) mass is 334 g/mol. The molecule has 0 saturated carbocycles. The summed E-state index contributed by atoms with van der Waals surface area (Å²) in [7, 11) is 1.64. The van der Waals surface area contributed by atoms with Gasteiger partial charge in [-0.15, -0.1) is 0 Å². The number of hydrogen-bond acceptors (Lipinski definition) is 4. The molecule has 0 aromatic heterocycles. The first-order valence-corrected chi connectivity index (χ1v) is 8.39. The zero-order valence-corrected chi connectivity index (χ0v) is 14.8. The number of carbonyl (C=O) groups excluding carboxylic acids is 1. The molecule has 0 unspecified atom stereocenters. The number of urea groups is 1. The van der Waals surface area contributed by atoms with Crippen molar-refractivity contribution in [3.05, 3.63) is 23.3 Å². The van der Waals surface area contributed by atoms with Crippen molar-refractivity contribution in [2.75, 3.05) is 38.7 Å². The predicted molar refractivity (Wildman–Crippen MR) is 91.8 cm³/mol. The maximum absolute atomic E-state index is 12.8. The first-order chi connectivity index (χ1) is 11.4. The Morgan fingerprint density at radius 2 is 2.21 bits per heavy atom. The van der Waals surface area contributed by atoms with Crippen molar-refractivity contribution >= 4 is 11.7 Å². The number of aryl methyl sites for hydroxylation is 1. The van der Waals surface area contributed by atoms with Gasteiger partial charge < -0.3 is 24.4 Å². The van der Waals surface area contributed by atoms with Crippen LogP contribution in [0, 0.1) is 13.8 Å². The number of anilines is 1. The highest BCUT2D eigenvalue weighted by atomic mass is 16.6. The number of morpholine rings is 1. The van der Waals surface area contributed by atoms with E-state index in [0.717, 1.165) is 29.0 Å². The van der Waals surface area contributed by atoms with E-state index < -0.39 is 0 Å². The Bertz CT molecular complexity index is 626. The smallest absolute Gasteiger partial charge is 0.322 e. The van der Waals surface area contributed by atoms with Crippen molar-refractivity contribution in [2.45, 2.75) is 38.9 Å². The fourth-order valence-electron chi connectivity index (χ4n) is 3.55. The van der Waals surface area contributed by atoms with Crippen molar-refractivity contribution < 1.29 is 19.0 Å². The Balaban J connectivity index is 1.76. The first-order valence-electron chi connectivity index (χ1n) is 8.39. The fourth-order valence-corrected chi connectivity index (χ4v) is 3.55. The number of amides is 2. The molecule has 1 aromatic carbocycles. The summed E-state index contributed by atoms with van der Waals surface area (Å²) in [6.07, 6.45) is 0.831. The third kappa shape index (κ3) is 3.35. The van der Waals surface area contributed by atoms with Gasteiger partial charge in [-0.2, -0.15) is 0 Å². The number of methoxy groups -OCH3 is 1. The third-order valence-corrected chi connectivity index (χ3v) is 4.73. The molecular formula is C18H26N2O4. The maximum Gasteiger partial charge on any atom is 0.322 e. The molecule has 2 aliphatic rings. The molecule has 2 atom stereocenters. The molecule has 24 heavy (non-hydrogen) atoms. The standard InChI is InChI=1S/C18H26N2O4/c1-12-7-15(14(3)16(8-12)22-4)19-17(21)20-9-13(2)24-18(10-20)5-6-23-11-18/h7-8,13H,5-6,9-11H2,1-4H3,(H,19,21)/t13-,18+/m1/s1. The lowest BCUT2D eigenvalue weighted by Gasteiger charge is -2.42. The molecule has 0 aliphatic carbocycles. The summed E-state index contributed by atoms with van der Waals surface area (Å²) in [6, 6.07) is 3.83. The number of hydrogen-bond donors (Lipinski definition) is 1. The van der Waals surface area contributed by atoms with Gasteiger partial charge in [0.05, 0.1) is 26.4 Å². The van der Waals surface area contributed by atoms with Gasteiger partial charge in [0.2, 0.25) is 0 Å². The Morgan fingerprint density at radius 3 is 2.88 bits per heavy atom. The molecule has 2 fully saturated rings. The van der Waals surface area contributed by atoms with Crippen molar-refractivity contribution in [1.29, 1.82) is 0 Å². The minimum Gasteiger partial charge on any atom is -0.496 e. The van der Waals surface area contributed by atoms with Gasteiger partial charge in [0.25, 0.3) is 0 Å². The Hall–Kier alpha value is -1.79. The van der Waals surface area contributed by atoms with Crippen LogP contribution in [0.25, 0.3) is 0 Å². The molecule has 3 rings (SSSR count). The van der Waals surface area contributed by atoms with E-state index in [1.807, 2.05) is 37.8 Å². The minimum atomic E-state index is -0.353. The van der Waals surface area contributed by atoms with Crippen LogP contribution in [0.1, 0.15) is 24.5 Å². The van der Waals surface area contributed by atoms with Gasteiger partial charge in [-0.3, -0.25) is 0 Å². The Morgan fingerprint density at radius 1 is 1.42 bits per heavy atom. The molecule has 1 N–H and O–H groups in total. The van der Waals surface area contributed by atoms with E-state index in [2.05, 4.69) is 5.32 Å². The van der Waals surface area contributed by atoms with Crippen molar-refractivity contribution in [2.24, 2.45) is 0 Å². The molecule has 0 bridgehead atoms. The molecular weight excluding hydrogens is 308 g/mol. The average Bonchev–Trinajstić information content (AvgIpc) is 2.97. The van der Waals surface area contributed by atoms with Crippen molar-refractivity contribution in [3.8, 4) is 5.75 Å². The molecule has 2 saturated heterocycles. The number of rotatable bonds is 2. The third-order valence-electron chi connectivity index (χ3n) is 4.73. The van der Waals surface area contributed by atoms with Gasteiger partial charge in [-0.1, -0.05) is 0 Å². The summed E-state index contributed by atoms with van der Waals surface area (Å²) < 4.78 is 17.0. The van der Waals surface area contributed by atoms with Gasteiger partial charge in [-0.25, -0.2) is 4.79 Å². The lowest BCUT2D eigenvalue weighted by Crippen LogP contribution is -2.57. The molecule has 6 nitrogen and oxygen atoms in total. The highest BCUT2D eigenvalue weighted by molar-refractivity contribution is 5.91. The van der Waals surface area contributed by atoms with Crippen LogP contribution in [0.15, 0.2) is 12.1 Å². The van der Waals surface area contributed by atoms with Crippen LogP contribution >= 0.6 is 0 Å². The van der Waals surface area contributed by atoms with E-state index in [1.165, 1.54) is 0 Å². The highest BCUT2D eigenvalue weighted by Crippen LogP contribution is 2.31. The summed E-state index contributed by atoms with van der Waals surface area (Å²) in [5, 5.41) is 3.03. The molecule has 6 heteroatoms. The summed E-state index contributed by atoms with van der Waals surface area (Å²) >= 11 is 0. The van der Waals surface area contributed by atoms with E-state index in [4.69, 9.17) is 14.2 Å². The molecule has 1 spiro atoms. The number of nitrogens with one attached hydrogen (secondary N) is 1. The van der Waals surface area contributed by atoms with Crippen molar-refractivity contribution in [1.82, 2.24) is 4.90 Å². The molecule has 0 radical (unpaired) electrons. The van der Waals surface area contributed by atoms with Gasteiger partial charge in [-0.05, 0) is 38.5 Å². The van der Waals surface area contributed by atoms with Crippen molar-refractivity contribution in [3.63, 3.8) is 0 Å². The lowest BCUT2D eigenvalue weighted by atomic mass is 9.99. The van der Waals surface area contributed by atoms with E-state index in [1.54, 1.807) is 7.11 Å². The number of benzene rings is 1. The molecule has 1 aromatic rings. The van der Waals surface area contributed by atoms with Gasteiger partial charge >= 0.3 is 6.03 Å².